The first kappa shape index (κ1) is 22.4. The molecule has 0 atom stereocenters. The van der Waals surface area contributed by atoms with Crippen molar-refractivity contribution in [2.45, 2.75) is 17.9 Å². The lowest BCUT2D eigenvalue weighted by molar-refractivity contribution is 0.173. The molecule has 10 heteroatoms. The molecule has 34 heavy (non-hydrogen) atoms. The van der Waals surface area contributed by atoms with Crippen molar-refractivity contribution in [2.75, 3.05) is 29.5 Å². The van der Waals surface area contributed by atoms with E-state index in [1.165, 1.54) is 24.3 Å². The largest absolute Gasteiger partial charge is 0.454 e. The highest BCUT2D eigenvalue weighted by atomic mass is 35.5. The number of halogens is 1. The molecule has 2 heterocycles. The number of hydrogen-bond acceptors (Lipinski definition) is 5. The fraction of sp³-hybridized carbons (Fsp3) is 0.208. The van der Waals surface area contributed by atoms with Gasteiger partial charge in [0.1, 0.15) is 0 Å². The van der Waals surface area contributed by atoms with E-state index in [4.69, 9.17) is 21.1 Å². The van der Waals surface area contributed by atoms with E-state index in [0.717, 1.165) is 12.0 Å². The topological polar surface area (TPSA) is 88.2 Å². The molecule has 0 aliphatic carbocycles. The van der Waals surface area contributed by atoms with E-state index in [2.05, 4.69) is 4.72 Å². The maximum atomic E-state index is 13.2. The number of fused-ring (bicyclic) bond motifs is 1. The van der Waals surface area contributed by atoms with Crippen LogP contribution in [0, 0.1) is 0 Å². The smallest absolute Gasteiger partial charge is 0.324 e. The van der Waals surface area contributed by atoms with Crippen molar-refractivity contribution in [1.82, 2.24) is 4.90 Å². The molecule has 2 amide bonds. The van der Waals surface area contributed by atoms with Gasteiger partial charge in [-0.2, -0.15) is 0 Å². The average molecular weight is 500 g/mol. The van der Waals surface area contributed by atoms with Crippen LogP contribution in [0.1, 0.15) is 12.0 Å². The molecule has 0 saturated carbocycles. The van der Waals surface area contributed by atoms with Gasteiger partial charge in [0.2, 0.25) is 6.79 Å². The van der Waals surface area contributed by atoms with Crippen LogP contribution in [0.2, 0.25) is 5.02 Å². The summed E-state index contributed by atoms with van der Waals surface area (Å²) < 4.78 is 38.5. The summed E-state index contributed by atoms with van der Waals surface area (Å²) in [6.07, 6.45) is 0.821. The third-order valence-electron chi connectivity index (χ3n) is 5.68. The Kier molecular flexibility index (Phi) is 5.97. The molecule has 8 nitrogen and oxygen atoms in total. The minimum atomic E-state index is -3.74. The highest BCUT2D eigenvalue weighted by molar-refractivity contribution is 7.92. The highest BCUT2D eigenvalue weighted by Gasteiger charge is 2.27. The summed E-state index contributed by atoms with van der Waals surface area (Å²) in [5, 5.41) is 0.460. The maximum absolute atomic E-state index is 13.2. The van der Waals surface area contributed by atoms with Gasteiger partial charge in [0.25, 0.3) is 10.0 Å². The zero-order chi connectivity index (χ0) is 23.7. The summed E-state index contributed by atoms with van der Waals surface area (Å²) in [5.74, 6) is 1.40. The third-order valence-corrected chi connectivity index (χ3v) is 7.33. The van der Waals surface area contributed by atoms with E-state index >= 15 is 0 Å². The number of urea groups is 1. The predicted octanol–water partition coefficient (Wildman–Crippen LogP) is 4.70. The van der Waals surface area contributed by atoms with Crippen molar-refractivity contribution >= 4 is 39.0 Å². The first-order chi connectivity index (χ1) is 16.4. The number of carbonyl (C=O) groups excluding carboxylic acids is 1. The molecule has 0 bridgehead atoms. The fourth-order valence-electron chi connectivity index (χ4n) is 3.96. The Balaban J connectivity index is 1.27. The minimum Gasteiger partial charge on any atom is -0.454 e. The number of benzene rings is 3. The number of rotatable bonds is 6. The van der Waals surface area contributed by atoms with Gasteiger partial charge in [-0.25, -0.2) is 13.2 Å². The van der Waals surface area contributed by atoms with Crippen LogP contribution in [0.15, 0.2) is 71.6 Å². The molecule has 3 aromatic carbocycles. The summed E-state index contributed by atoms with van der Waals surface area (Å²) in [4.78, 5) is 16.8. The number of nitrogens with one attached hydrogen (secondary N) is 1. The molecule has 1 N–H and O–H groups in total. The first-order valence-corrected chi connectivity index (χ1v) is 12.6. The van der Waals surface area contributed by atoms with E-state index in [9.17, 15) is 13.2 Å². The molecular weight excluding hydrogens is 478 g/mol. The normalized spacial score (nSPS) is 15.5. The Bertz CT molecular complexity index is 1310. The molecule has 5 rings (SSSR count). The molecule has 2 aliphatic rings. The van der Waals surface area contributed by atoms with E-state index in [-0.39, 0.29) is 17.7 Å². The van der Waals surface area contributed by atoms with Crippen molar-refractivity contribution in [3.63, 3.8) is 0 Å². The van der Waals surface area contributed by atoms with Crippen LogP contribution < -0.4 is 19.1 Å². The summed E-state index contributed by atoms with van der Waals surface area (Å²) in [7, 11) is -3.74. The molecule has 1 saturated heterocycles. The van der Waals surface area contributed by atoms with Crippen molar-refractivity contribution in [2.24, 2.45) is 0 Å². The Labute approximate surface area is 202 Å². The number of anilines is 2. The van der Waals surface area contributed by atoms with Gasteiger partial charge in [0.05, 0.1) is 4.90 Å². The van der Waals surface area contributed by atoms with Crippen molar-refractivity contribution in [1.29, 1.82) is 0 Å². The lowest BCUT2D eigenvalue weighted by Gasteiger charge is -2.35. The number of carbonyl (C=O) groups is 1. The SMILES string of the molecule is O=C1N(Cc2ccc3c(c2)OCO3)CCCN1c1ccc(NS(=O)(=O)c2ccc(Cl)cc2)cc1. The van der Waals surface area contributed by atoms with Gasteiger partial charge >= 0.3 is 6.03 Å². The highest BCUT2D eigenvalue weighted by Crippen LogP contribution is 2.33. The molecule has 2 aliphatic heterocycles. The Morgan fingerprint density at radius 1 is 0.912 bits per heavy atom. The molecule has 0 radical (unpaired) electrons. The summed E-state index contributed by atoms with van der Waals surface area (Å²) in [5.41, 5.74) is 2.07. The van der Waals surface area contributed by atoms with E-state index in [1.54, 1.807) is 34.1 Å². The standard InChI is InChI=1S/C24H22ClN3O5S/c25-18-3-9-21(10-4-18)34(30,31)26-19-5-7-20(8-6-19)28-13-1-12-27(24(28)29)15-17-2-11-22-23(14-17)33-16-32-22/h2-11,14,26H,1,12-13,15-16H2. The third kappa shape index (κ3) is 4.62. The molecule has 0 aromatic heterocycles. The van der Waals surface area contributed by atoms with Crippen LogP contribution in [-0.4, -0.2) is 39.2 Å². The van der Waals surface area contributed by atoms with Crippen LogP contribution >= 0.6 is 11.6 Å². The van der Waals surface area contributed by atoms with E-state index in [0.29, 0.717) is 47.5 Å². The van der Waals surface area contributed by atoms with Crippen LogP contribution in [0.25, 0.3) is 0 Å². The van der Waals surface area contributed by atoms with Gasteiger partial charge in [0.15, 0.2) is 11.5 Å². The minimum absolute atomic E-state index is 0.0987. The van der Waals surface area contributed by atoms with Gasteiger partial charge in [-0.3, -0.25) is 9.62 Å². The Morgan fingerprint density at radius 2 is 1.65 bits per heavy atom. The average Bonchev–Trinajstić information content (AvgIpc) is 3.29. The predicted molar refractivity (Wildman–Crippen MR) is 129 cm³/mol. The zero-order valence-corrected chi connectivity index (χ0v) is 19.7. The van der Waals surface area contributed by atoms with Crippen molar-refractivity contribution in [3.05, 3.63) is 77.3 Å². The maximum Gasteiger partial charge on any atom is 0.324 e. The lowest BCUT2D eigenvalue weighted by atomic mass is 10.1. The van der Waals surface area contributed by atoms with Crippen LogP contribution in [-0.2, 0) is 16.6 Å². The first-order valence-electron chi connectivity index (χ1n) is 10.7. The van der Waals surface area contributed by atoms with Gasteiger partial charge < -0.3 is 14.4 Å². The molecule has 0 unspecified atom stereocenters. The van der Waals surface area contributed by atoms with Crippen LogP contribution in [0.4, 0.5) is 16.2 Å². The second-order valence-electron chi connectivity index (χ2n) is 8.00. The van der Waals surface area contributed by atoms with Crippen molar-refractivity contribution in [3.8, 4) is 11.5 Å². The van der Waals surface area contributed by atoms with Crippen LogP contribution in [0.3, 0.4) is 0 Å². The Hall–Kier alpha value is -3.43. The van der Waals surface area contributed by atoms with Gasteiger partial charge in [-0.15, -0.1) is 0 Å². The second kappa shape index (κ2) is 9.08. The van der Waals surface area contributed by atoms with Gasteiger partial charge in [0, 0.05) is 36.0 Å². The van der Waals surface area contributed by atoms with Crippen molar-refractivity contribution < 1.29 is 22.7 Å². The number of hydrogen-bond donors (Lipinski definition) is 1. The number of nitrogens with zero attached hydrogens (tertiary/aromatic N) is 2. The molecule has 0 spiro atoms. The fourth-order valence-corrected chi connectivity index (χ4v) is 5.15. The molecule has 176 valence electrons. The van der Waals surface area contributed by atoms with E-state index < -0.39 is 10.0 Å². The number of sulfonamides is 1. The molecule has 1 fully saturated rings. The van der Waals surface area contributed by atoms with Gasteiger partial charge in [-0.1, -0.05) is 17.7 Å². The lowest BCUT2D eigenvalue weighted by Crippen LogP contribution is -2.49. The summed E-state index contributed by atoms with van der Waals surface area (Å²) in [6, 6.07) is 18.3. The number of amides is 2. The number of ether oxygens (including phenoxy) is 2. The summed E-state index contributed by atoms with van der Waals surface area (Å²) in [6.45, 7) is 1.92. The van der Waals surface area contributed by atoms with E-state index in [1.807, 2.05) is 18.2 Å². The van der Waals surface area contributed by atoms with Crippen LogP contribution in [0.5, 0.6) is 11.5 Å². The summed E-state index contributed by atoms with van der Waals surface area (Å²) >= 11 is 5.84. The monoisotopic (exact) mass is 499 g/mol. The zero-order valence-electron chi connectivity index (χ0n) is 18.1. The van der Waals surface area contributed by atoms with Gasteiger partial charge in [-0.05, 0) is 72.6 Å². The quantitative estimate of drug-likeness (QED) is 0.531. The Morgan fingerprint density at radius 3 is 2.41 bits per heavy atom. The molecular formula is C24H22ClN3O5S. The second-order valence-corrected chi connectivity index (χ2v) is 10.1. The molecule has 3 aromatic rings.